The van der Waals surface area contributed by atoms with Crippen molar-refractivity contribution in [2.45, 2.75) is 24.7 Å². The summed E-state index contributed by atoms with van der Waals surface area (Å²) >= 11 is 0. The highest BCUT2D eigenvalue weighted by molar-refractivity contribution is 7.92. The maximum atomic E-state index is 12.5. The number of urea groups is 1. The van der Waals surface area contributed by atoms with Gasteiger partial charge >= 0.3 is 6.03 Å². The van der Waals surface area contributed by atoms with Gasteiger partial charge in [-0.15, -0.1) is 0 Å². The highest BCUT2D eigenvalue weighted by atomic mass is 32.2. The van der Waals surface area contributed by atoms with E-state index in [0.717, 1.165) is 24.1 Å². The van der Waals surface area contributed by atoms with Crippen LogP contribution in [-0.4, -0.2) is 27.5 Å². The lowest BCUT2D eigenvalue weighted by Crippen LogP contribution is -2.46. The van der Waals surface area contributed by atoms with Gasteiger partial charge < -0.3 is 5.32 Å². The molecule has 0 aliphatic carbocycles. The zero-order valence-electron chi connectivity index (χ0n) is 14.0. The molecule has 2 aromatic carbocycles. The van der Waals surface area contributed by atoms with Crippen LogP contribution in [0.3, 0.4) is 0 Å². The summed E-state index contributed by atoms with van der Waals surface area (Å²) in [7, 11) is -3.63. The Morgan fingerprint density at radius 3 is 2.36 bits per heavy atom. The normalized spacial score (nSPS) is 14.9. The van der Waals surface area contributed by atoms with Crippen LogP contribution in [0.4, 0.5) is 16.2 Å². The van der Waals surface area contributed by atoms with Crippen molar-refractivity contribution in [3.8, 4) is 0 Å². The number of carbonyl (C=O) groups is 1. The predicted molar refractivity (Wildman–Crippen MR) is 98.4 cm³/mol. The fraction of sp³-hybridized carbons (Fsp3) is 0.278. The van der Waals surface area contributed by atoms with Crippen LogP contribution in [0.2, 0.25) is 0 Å². The first-order valence-corrected chi connectivity index (χ1v) is 9.75. The number of hydrogen-bond donors (Lipinski definition) is 2. The molecular formula is C18H21N3O3S. The number of hydrogen-bond acceptors (Lipinski definition) is 3. The van der Waals surface area contributed by atoms with Crippen LogP contribution in [0.25, 0.3) is 0 Å². The molecule has 1 fully saturated rings. The van der Waals surface area contributed by atoms with Crippen molar-refractivity contribution in [2.75, 3.05) is 22.7 Å². The zero-order chi connectivity index (χ0) is 17.9. The van der Waals surface area contributed by atoms with Gasteiger partial charge in [-0.3, -0.25) is 9.62 Å². The molecule has 3 rings (SSSR count). The molecule has 7 heteroatoms. The molecule has 0 bridgehead atoms. The molecule has 0 unspecified atom stereocenters. The van der Waals surface area contributed by atoms with E-state index in [0.29, 0.717) is 18.8 Å². The number of aryl methyl sites for hydroxylation is 1. The fourth-order valence-corrected chi connectivity index (χ4v) is 3.76. The maximum absolute atomic E-state index is 12.5. The van der Waals surface area contributed by atoms with Crippen molar-refractivity contribution in [3.63, 3.8) is 0 Å². The average Bonchev–Trinajstić information content (AvgIpc) is 2.63. The minimum Gasteiger partial charge on any atom is -0.338 e. The third kappa shape index (κ3) is 3.93. The summed E-state index contributed by atoms with van der Waals surface area (Å²) in [6.45, 7) is 3.36. The molecule has 2 aromatic rings. The van der Waals surface area contributed by atoms with Crippen LogP contribution in [0.5, 0.6) is 0 Å². The number of amides is 2. The molecule has 2 N–H and O–H groups in total. The summed E-state index contributed by atoms with van der Waals surface area (Å²) in [5.41, 5.74) is 2.29. The second-order valence-corrected chi connectivity index (χ2v) is 7.57. The van der Waals surface area contributed by atoms with E-state index >= 15 is 0 Å². The van der Waals surface area contributed by atoms with E-state index in [-0.39, 0.29) is 10.9 Å². The van der Waals surface area contributed by atoms with E-state index in [1.807, 2.05) is 19.1 Å². The number of anilines is 2. The Morgan fingerprint density at radius 2 is 1.76 bits per heavy atom. The summed E-state index contributed by atoms with van der Waals surface area (Å²) in [4.78, 5) is 13.7. The molecule has 1 aliphatic rings. The summed E-state index contributed by atoms with van der Waals surface area (Å²) in [5.74, 6) is 0. The van der Waals surface area contributed by atoms with Gasteiger partial charge in [0.25, 0.3) is 10.0 Å². The number of benzene rings is 2. The molecule has 132 valence electrons. The molecular weight excluding hydrogens is 338 g/mol. The van der Waals surface area contributed by atoms with E-state index in [4.69, 9.17) is 0 Å². The first-order valence-electron chi connectivity index (χ1n) is 8.27. The van der Waals surface area contributed by atoms with Crippen molar-refractivity contribution in [3.05, 3.63) is 54.1 Å². The third-order valence-corrected chi connectivity index (χ3v) is 5.55. The Bertz CT molecular complexity index is 846. The first kappa shape index (κ1) is 17.3. The molecule has 0 aromatic heterocycles. The van der Waals surface area contributed by atoms with Crippen LogP contribution in [0.1, 0.15) is 18.9 Å². The van der Waals surface area contributed by atoms with Crippen LogP contribution < -0.4 is 14.9 Å². The number of rotatable bonds is 5. The van der Waals surface area contributed by atoms with Crippen molar-refractivity contribution in [1.29, 1.82) is 0 Å². The van der Waals surface area contributed by atoms with Gasteiger partial charge in [0.2, 0.25) is 0 Å². The van der Waals surface area contributed by atoms with Gasteiger partial charge in [-0.1, -0.05) is 19.1 Å². The minimum absolute atomic E-state index is 0.129. The Kier molecular flexibility index (Phi) is 4.94. The van der Waals surface area contributed by atoms with Gasteiger partial charge in [0.1, 0.15) is 0 Å². The average molecular weight is 359 g/mol. The summed E-state index contributed by atoms with van der Waals surface area (Å²) < 4.78 is 27.5. The quantitative estimate of drug-likeness (QED) is 0.861. The summed E-state index contributed by atoms with van der Waals surface area (Å²) in [6, 6.07) is 13.5. The molecule has 1 heterocycles. The Labute approximate surface area is 147 Å². The van der Waals surface area contributed by atoms with E-state index in [2.05, 4.69) is 10.0 Å². The molecule has 0 spiro atoms. The summed E-state index contributed by atoms with van der Waals surface area (Å²) in [5, 5.41) is 2.79. The van der Waals surface area contributed by atoms with E-state index in [1.54, 1.807) is 41.3 Å². The monoisotopic (exact) mass is 359 g/mol. The molecule has 2 amide bonds. The number of nitrogens with zero attached hydrogens (tertiary/aromatic N) is 1. The lowest BCUT2D eigenvalue weighted by atomic mass is 10.2. The van der Waals surface area contributed by atoms with Crippen molar-refractivity contribution in [2.24, 2.45) is 0 Å². The molecule has 0 atom stereocenters. The fourth-order valence-electron chi connectivity index (χ4n) is 2.70. The molecule has 1 saturated heterocycles. The highest BCUT2D eigenvalue weighted by Gasteiger charge is 2.19. The van der Waals surface area contributed by atoms with Crippen LogP contribution >= 0.6 is 0 Å². The number of sulfonamides is 1. The van der Waals surface area contributed by atoms with Gasteiger partial charge in [0.05, 0.1) is 4.90 Å². The van der Waals surface area contributed by atoms with Gasteiger partial charge in [0.15, 0.2) is 0 Å². The lowest BCUT2D eigenvalue weighted by Gasteiger charge is -2.27. The van der Waals surface area contributed by atoms with Gasteiger partial charge in [0, 0.05) is 24.5 Å². The van der Waals surface area contributed by atoms with E-state index < -0.39 is 10.0 Å². The van der Waals surface area contributed by atoms with Crippen molar-refractivity contribution >= 4 is 27.4 Å². The molecule has 25 heavy (non-hydrogen) atoms. The second kappa shape index (κ2) is 7.14. The Hall–Kier alpha value is -2.54. The number of nitrogens with one attached hydrogen (secondary N) is 2. The topological polar surface area (TPSA) is 78.5 Å². The van der Waals surface area contributed by atoms with Crippen LogP contribution in [-0.2, 0) is 16.4 Å². The molecule has 1 aliphatic heterocycles. The lowest BCUT2D eigenvalue weighted by molar-refractivity contribution is 0.243. The van der Waals surface area contributed by atoms with Gasteiger partial charge in [-0.25, -0.2) is 13.2 Å². The number of carbonyl (C=O) groups excluding carboxylic acids is 1. The van der Waals surface area contributed by atoms with Crippen LogP contribution in [0, 0.1) is 0 Å². The SMILES string of the molecule is CCc1ccc(S(=O)(=O)Nc2ccc(N3CCCNC3=O)cc2)cc1. The van der Waals surface area contributed by atoms with Crippen molar-refractivity contribution in [1.82, 2.24) is 5.32 Å². The second-order valence-electron chi connectivity index (χ2n) is 5.89. The zero-order valence-corrected chi connectivity index (χ0v) is 14.8. The van der Waals surface area contributed by atoms with E-state index in [9.17, 15) is 13.2 Å². The smallest absolute Gasteiger partial charge is 0.321 e. The minimum atomic E-state index is -3.63. The van der Waals surface area contributed by atoms with Crippen LogP contribution in [0.15, 0.2) is 53.4 Å². The first-order chi connectivity index (χ1) is 12.0. The highest BCUT2D eigenvalue weighted by Crippen LogP contribution is 2.22. The Balaban J connectivity index is 1.74. The van der Waals surface area contributed by atoms with Gasteiger partial charge in [-0.05, 0) is 54.8 Å². The standard InChI is InChI=1S/C18H21N3O3S/c1-2-14-4-10-17(11-5-14)25(23,24)20-15-6-8-16(9-7-15)21-13-3-12-19-18(21)22/h4-11,20H,2-3,12-13H2,1H3,(H,19,22). The molecule has 0 radical (unpaired) electrons. The largest absolute Gasteiger partial charge is 0.338 e. The predicted octanol–water partition coefficient (Wildman–Crippen LogP) is 2.97. The summed E-state index contributed by atoms with van der Waals surface area (Å²) in [6.07, 6.45) is 1.74. The third-order valence-electron chi connectivity index (χ3n) is 4.15. The molecule has 6 nitrogen and oxygen atoms in total. The Morgan fingerprint density at radius 1 is 1.08 bits per heavy atom. The van der Waals surface area contributed by atoms with E-state index in [1.165, 1.54) is 0 Å². The maximum Gasteiger partial charge on any atom is 0.321 e. The van der Waals surface area contributed by atoms with Crippen molar-refractivity contribution < 1.29 is 13.2 Å². The molecule has 0 saturated carbocycles. The van der Waals surface area contributed by atoms with Gasteiger partial charge in [-0.2, -0.15) is 0 Å².